The van der Waals surface area contributed by atoms with Crippen molar-refractivity contribution >= 4 is 21.2 Å². The van der Waals surface area contributed by atoms with Crippen LogP contribution in [0.4, 0.5) is 15.8 Å². The molecule has 0 spiro atoms. The van der Waals surface area contributed by atoms with E-state index in [9.17, 15) is 22.9 Å². The van der Waals surface area contributed by atoms with Crippen molar-refractivity contribution in [3.63, 3.8) is 0 Å². The Labute approximate surface area is 160 Å². The van der Waals surface area contributed by atoms with Gasteiger partial charge in [0.2, 0.25) is 0 Å². The maximum absolute atomic E-state index is 13.3. The van der Waals surface area contributed by atoms with Crippen molar-refractivity contribution in [3.05, 3.63) is 82.2 Å². The van der Waals surface area contributed by atoms with E-state index in [-0.39, 0.29) is 16.3 Å². The fourth-order valence-electron chi connectivity index (χ4n) is 2.78. The summed E-state index contributed by atoms with van der Waals surface area (Å²) in [6, 6.07) is 8.71. The summed E-state index contributed by atoms with van der Waals surface area (Å²) in [5.41, 5.74) is 0.371. The number of imidazole rings is 1. The number of benzene rings is 2. The summed E-state index contributed by atoms with van der Waals surface area (Å²) in [5.74, 6) is 0.138. The van der Waals surface area contributed by atoms with Crippen LogP contribution in [0.2, 0.25) is 0 Å². The Morgan fingerprint density at radius 1 is 1.21 bits per heavy atom. The highest BCUT2D eigenvalue weighted by atomic mass is 32.2. The first-order chi connectivity index (χ1) is 13.2. The third-order valence-corrected chi connectivity index (χ3v) is 5.32. The number of hydrogen-bond donors (Lipinski definition) is 1. The maximum atomic E-state index is 13.3. The van der Waals surface area contributed by atoms with Gasteiger partial charge in [-0.25, -0.2) is 17.8 Å². The average molecular weight is 404 g/mol. The number of sulfone groups is 1. The van der Waals surface area contributed by atoms with Gasteiger partial charge in [0.15, 0.2) is 9.84 Å². The van der Waals surface area contributed by atoms with Crippen molar-refractivity contribution in [2.75, 3.05) is 11.6 Å². The molecule has 3 aromatic rings. The van der Waals surface area contributed by atoms with Gasteiger partial charge in [-0.3, -0.25) is 10.1 Å². The topological polar surface area (TPSA) is 107 Å². The van der Waals surface area contributed by atoms with Crippen LogP contribution in [-0.4, -0.2) is 29.1 Å². The Hall–Kier alpha value is -3.27. The number of nitro groups is 1. The van der Waals surface area contributed by atoms with Crippen LogP contribution in [0.1, 0.15) is 17.4 Å². The lowest BCUT2D eigenvalue weighted by Gasteiger charge is -2.20. The van der Waals surface area contributed by atoms with Gasteiger partial charge in [-0.2, -0.15) is 0 Å². The van der Waals surface area contributed by atoms with E-state index in [4.69, 9.17) is 0 Å². The molecular weight excluding hydrogens is 387 g/mol. The van der Waals surface area contributed by atoms with Crippen molar-refractivity contribution in [2.24, 2.45) is 7.05 Å². The second-order valence-corrected chi connectivity index (χ2v) is 8.25. The Bertz CT molecular complexity index is 1130. The van der Waals surface area contributed by atoms with Crippen LogP contribution in [0, 0.1) is 15.9 Å². The van der Waals surface area contributed by atoms with E-state index in [1.165, 1.54) is 24.3 Å². The predicted octanol–water partition coefficient (Wildman–Crippen LogP) is 3.07. The van der Waals surface area contributed by atoms with Gasteiger partial charge in [0, 0.05) is 31.8 Å². The summed E-state index contributed by atoms with van der Waals surface area (Å²) in [5, 5.41) is 14.6. The molecule has 0 amide bonds. The monoisotopic (exact) mass is 404 g/mol. The molecular formula is C18H17FN4O4S. The van der Waals surface area contributed by atoms with Gasteiger partial charge in [0.25, 0.3) is 5.69 Å². The fourth-order valence-corrected chi connectivity index (χ4v) is 3.42. The molecule has 0 saturated heterocycles. The van der Waals surface area contributed by atoms with Crippen molar-refractivity contribution in [3.8, 4) is 0 Å². The minimum atomic E-state index is -3.60. The zero-order valence-corrected chi connectivity index (χ0v) is 15.9. The van der Waals surface area contributed by atoms with Crippen LogP contribution in [0.15, 0.2) is 59.8 Å². The molecule has 10 heteroatoms. The normalized spacial score (nSPS) is 12.5. The molecule has 0 aliphatic carbocycles. The van der Waals surface area contributed by atoms with Crippen LogP contribution in [-0.2, 0) is 16.9 Å². The van der Waals surface area contributed by atoms with Crippen molar-refractivity contribution < 1.29 is 17.7 Å². The largest absolute Gasteiger partial charge is 0.366 e. The fraction of sp³-hybridized carbons (Fsp3) is 0.167. The Morgan fingerprint density at radius 2 is 1.89 bits per heavy atom. The van der Waals surface area contributed by atoms with Gasteiger partial charge < -0.3 is 9.88 Å². The molecule has 3 rings (SSSR count). The molecule has 0 aliphatic heterocycles. The minimum Gasteiger partial charge on any atom is -0.366 e. The molecule has 0 unspecified atom stereocenters. The molecule has 0 fully saturated rings. The molecule has 1 heterocycles. The Kier molecular flexibility index (Phi) is 5.14. The number of hydrogen-bond acceptors (Lipinski definition) is 6. The molecule has 0 bridgehead atoms. The summed E-state index contributed by atoms with van der Waals surface area (Å²) >= 11 is 0. The standard InChI is InChI=1S/C18H17FN4O4S/c1-22-10-9-20-18(22)17(12-3-5-13(19)6-4-12)21-15-8-7-14(28(2,26)27)11-16(15)23(24)25/h3-11,17,21H,1-2H3/t17-/m0/s1. The molecule has 1 aromatic heterocycles. The molecule has 2 aromatic carbocycles. The molecule has 0 radical (unpaired) electrons. The summed E-state index contributed by atoms with van der Waals surface area (Å²) in [7, 11) is -1.84. The highest BCUT2D eigenvalue weighted by Crippen LogP contribution is 2.33. The number of halogens is 1. The molecule has 1 atom stereocenters. The number of nitrogens with zero attached hydrogens (tertiary/aromatic N) is 3. The summed E-state index contributed by atoms with van der Waals surface area (Å²) in [6.45, 7) is 0. The van der Waals surface area contributed by atoms with E-state index < -0.39 is 26.6 Å². The van der Waals surface area contributed by atoms with Crippen molar-refractivity contribution in [1.29, 1.82) is 0 Å². The van der Waals surface area contributed by atoms with Crippen LogP contribution in [0.3, 0.4) is 0 Å². The zero-order chi connectivity index (χ0) is 20.5. The van der Waals surface area contributed by atoms with Gasteiger partial charge in [-0.15, -0.1) is 0 Å². The molecule has 28 heavy (non-hydrogen) atoms. The number of anilines is 1. The molecule has 1 N–H and O–H groups in total. The third kappa shape index (κ3) is 4.01. The van der Waals surface area contributed by atoms with E-state index >= 15 is 0 Å². The first kappa shape index (κ1) is 19.5. The summed E-state index contributed by atoms with van der Waals surface area (Å²) < 4.78 is 38.5. The van der Waals surface area contributed by atoms with Gasteiger partial charge in [0.05, 0.1) is 9.82 Å². The highest BCUT2D eigenvalue weighted by Gasteiger charge is 2.24. The Morgan fingerprint density at radius 3 is 2.43 bits per heavy atom. The minimum absolute atomic E-state index is 0.120. The summed E-state index contributed by atoms with van der Waals surface area (Å²) in [4.78, 5) is 15.0. The number of nitrogens with one attached hydrogen (secondary N) is 1. The van der Waals surface area contributed by atoms with Gasteiger partial charge in [-0.05, 0) is 29.8 Å². The third-order valence-electron chi connectivity index (χ3n) is 4.21. The lowest BCUT2D eigenvalue weighted by molar-refractivity contribution is -0.384. The van der Waals surface area contributed by atoms with E-state index in [2.05, 4.69) is 10.3 Å². The quantitative estimate of drug-likeness (QED) is 0.500. The number of aromatic nitrogens is 2. The lowest BCUT2D eigenvalue weighted by Crippen LogP contribution is -2.17. The van der Waals surface area contributed by atoms with Crippen LogP contribution >= 0.6 is 0 Å². The SMILES string of the molecule is Cn1ccnc1[C@@H](Nc1ccc(S(C)(=O)=O)cc1[N+](=O)[O-])c1ccc(F)cc1. The number of rotatable bonds is 6. The first-order valence-electron chi connectivity index (χ1n) is 8.14. The number of aryl methyl sites for hydroxylation is 1. The predicted molar refractivity (Wildman–Crippen MR) is 101 cm³/mol. The first-order valence-corrected chi connectivity index (χ1v) is 10.0. The van der Waals surface area contributed by atoms with E-state index in [0.717, 1.165) is 12.3 Å². The van der Waals surface area contributed by atoms with Gasteiger partial charge >= 0.3 is 0 Å². The molecule has 0 aliphatic rings. The molecule has 0 saturated carbocycles. The van der Waals surface area contributed by atoms with Crippen LogP contribution in [0.5, 0.6) is 0 Å². The average Bonchev–Trinajstić information content (AvgIpc) is 3.05. The van der Waals surface area contributed by atoms with E-state index in [1.54, 1.807) is 36.1 Å². The zero-order valence-electron chi connectivity index (χ0n) is 15.0. The Balaban J connectivity index is 2.10. The van der Waals surface area contributed by atoms with Gasteiger partial charge in [0.1, 0.15) is 23.4 Å². The second kappa shape index (κ2) is 7.39. The number of nitro benzene ring substituents is 1. The lowest BCUT2D eigenvalue weighted by atomic mass is 10.1. The van der Waals surface area contributed by atoms with Crippen molar-refractivity contribution in [1.82, 2.24) is 9.55 Å². The highest BCUT2D eigenvalue weighted by molar-refractivity contribution is 7.90. The van der Waals surface area contributed by atoms with E-state index in [0.29, 0.717) is 11.4 Å². The molecule has 146 valence electrons. The van der Waals surface area contributed by atoms with E-state index in [1.807, 2.05) is 0 Å². The molecule has 8 nitrogen and oxygen atoms in total. The smallest absolute Gasteiger partial charge is 0.293 e. The van der Waals surface area contributed by atoms with Gasteiger partial charge in [-0.1, -0.05) is 12.1 Å². The second-order valence-electron chi connectivity index (χ2n) is 6.23. The van der Waals surface area contributed by atoms with Crippen LogP contribution < -0.4 is 5.32 Å². The summed E-state index contributed by atoms with van der Waals surface area (Å²) in [6.07, 6.45) is 4.28. The van der Waals surface area contributed by atoms with Crippen molar-refractivity contribution in [2.45, 2.75) is 10.9 Å². The maximum Gasteiger partial charge on any atom is 0.293 e. The van der Waals surface area contributed by atoms with Crippen LogP contribution in [0.25, 0.3) is 0 Å².